The Hall–Kier alpha value is -3.66. The number of amides is 1. The van der Waals surface area contributed by atoms with E-state index in [1.54, 1.807) is 15.4 Å². The van der Waals surface area contributed by atoms with Crippen molar-refractivity contribution in [1.82, 2.24) is 44.6 Å². The van der Waals surface area contributed by atoms with Crippen LogP contribution in [0.2, 0.25) is 0 Å². The standard InChI is InChI=1S/C20H21N9O/c30-20(16-3-5-18(6-4-16)29-15-22-24-25-29)27-9-2-8-26(11-12-27)14-17-13-23-28-10-1-7-21-19(17)28/h1,3-7,10,13,15H,2,8-9,11-12,14H2. The first-order valence-electron chi connectivity index (χ1n) is 9.90. The third-order valence-corrected chi connectivity index (χ3v) is 5.35. The first kappa shape index (κ1) is 18.4. The van der Waals surface area contributed by atoms with Crippen molar-refractivity contribution < 1.29 is 4.79 Å². The smallest absolute Gasteiger partial charge is 0.253 e. The van der Waals surface area contributed by atoms with Gasteiger partial charge in [-0.2, -0.15) is 5.10 Å². The van der Waals surface area contributed by atoms with Gasteiger partial charge in [-0.05, 0) is 47.2 Å². The normalized spacial score (nSPS) is 15.4. The maximum atomic E-state index is 13.0. The Labute approximate surface area is 172 Å². The molecule has 0 unspecified atom stereocenters. The Morgan fingerprint density at radius 3 is 2.80 bits per heavy atom. The quantitative estimate of drug-likeness (QED) is 0.502. The number of nitrogens with zero attached hydrogens (tertiary/aromatic N) is 9. The van der Waals surface area contributed by atoms with E-state index >= 15 is 0 Å². The number of aromatic nitrogens is 7. The van der Waals surface area contributed by atoms with Crippen LogP contribution in [0.1, 0.15) is 22.3 Å². The van der Waals surface area contributed by atoms with E-state index in [-0.39, 0.29) is 5.91 Å². The average Bonchev–Trinajstić information content (AvgIpc) is 3.40. The molecule has 0 aliphatic carbocycles. The fourth-order valence-electron chi connectivity index (χ4n) is 3.78. The lowest BCUT2D eigenvalue weighted by molar-refractivity contribution is 0.0761. The van der Waals surface area contributed by atoms with Crippen LogP contribution < -0.4 is 0 Å². The molecule has 30 heavy (non-hydrogen) atoms. The van der Waals surface area contributed by atoms with Crippen LogP contribution in [0.25, 0.3) is 11.3 Å². The minimum Gasteiger partial charge on any atom is -0.337 e. The van der Waals surface area contributed by atoms with E-state index in [0.29, 0.717) is 12.1 Å². The van der Waals surface area contributed by atoms with Crippen molar-refractivity contribution >= 4 is 11.6 Å². The second kappa shape index (κ2) is 7.99. The van der Waals surface area contributed by atoms with Crippen LogP contribution in [-0.2, 0) is 6.54 Å². The molecular weight excluding hydrogens is 382 g/mol. The highest BCUT2D eigenvalue weighted by atomic mass is 16.2. The minimum absolute atomic E-state index is 0.0535. The monoisotopic (exact) mass is 403 g/mol. The summed E-state index contributed by atoms with van der Waals surface area (Å²) in [6, 6.07) is 9.23. The van der Waals surface area contributed by atoms with Gasteiger partial charge in [0.2, 0.25) is 0 Å². The van der Waals surface area contributed by atoms with E-state index in [1.807, 2.05) is 47.6 Å². The number of rotatable bonds is 4. The topological polar surface area (TPSA) is 97.3 Å². The summed E-state index contributed by atoms with van der Waals surface area (Å²) in [6.45, 7) is 3.98. The highest BCUT2D eigenvalue weighted by molar-refractivity contribution is 5.94. The van der Waals surface area contributed by atoms with Gasteiger partial charge in [0.05, 0.1) is 11.9 Å². The van der Waals surface area contributed by atoms with E-state index in [0.717, 1.165) is 49.5 Å². The Balaban J connectivity index is 1.23. The van der Waals surface area contributed by atoms with Crippen LogP contribution in [0.5, 0.6) is 0 Å². The van der Waals surface area contributed by atoms with Crippen LogP contribution in [0.3, 0.4) is 0 Å². The van der Waals surface area contributed by atoms with Gasteiger partial charge in [0.1, 0.15) is 6.33 Å². The molecule has 0 N–H and O–H groups in total. The summed E-state index contributed by atoms with van der Waals surface area (Å²) >= 11 is 0. The second-order valence-electron chi connectivity index (χ2n) is 7.28. The predicted molar refractivity (Wildman–Crippen MR) is 108 cm³/mol. The lowest BCUT2D eigenvalue weighted by atomic mass is 10.1. The van der Waals surface area contributed by atoms with Gasteiger partial charge in [0, 0.05) is 56.2 Å². The number of hydrogen-bond acceptors (Lipinski definition) is 7. The maximum Gasteiger partial charge on any atom is 0.253 e. The number of fused-ring (bicyclic) bond motifs is 1. The lowest BCUT2D eigenvalue weighted by Crippen LogP contribution is -2.35. The van der Waals surface area contributed by atoms with Gasteiger partial charge in [-0.3, -0.25) is 9.69 Å². The number of hydrogen-bond donors (Lipinski definition) is 0. The molecular formula is C20H21N9O. The van der Waals surface area contributed by atoms with Crippen molar-refractivity contribution in [2.75, 3.05) is 26.2 Å². The predicted octanol–water partition coefficient (Wildman–Crippen LogP) is 1.05. The van der Waals surface area contributed by atoms with Crippen molar-refractivity contribution in [3.8, 4) is 5.69 Å². The Morgan fingerprint density at radius 2 is 1.97 bits per heavy atom. The molecule has 1 aliphatic rings. The van der Waals surface area contributed by atoms with E-state index in [9.17, 15) is 4.79 Å². The van der Waals surface area contributed by atoms with Crippen LogP contribution >= 0.6 is 0 Å². The molecule has 1 fully saturated rings. The molecule has 0 spiro atoms. The van der Waals surface area contributed by atoms with Gasteiger partial charge >= 0.3 is 0 Å². The van der Waals surface area contributed by atoms with E-state index in [1.165, 1.54) is 6.33 Å². The Morgan fingerprint density at radius 1 is 1.07 bits per heavy atom. The fourth-order valence-corrected chi connectivity index (χ4v) is 3.78. The molecule has 0 bridgehead atoms. The highest BCUT2D eigenvalue weighted by Gasteiger charge is 2.21. The molecule has 152 valence electrons. The van der Waals surface area contributed by atoms with Crippen molar-refractivity contribution in [1.29, 1.82) is 0 Å². The molecule has 0 radical (unpaired) electrons. The van der Waals surface area contributed by atoms with Crippen LogP contribution in [0.15, 0.2) is 55.2 Å². The Kier molecular flexibility index (Phi) is 4.89. The second-order valence-corrected chi connectivity index (χ2v) is 7.28. The molecule has 1 amide bonds. The third-order valence-electron chi connectivity index (χ3n) is 5.35. The number of carbonyl (C=O) groups is 1. The van der Waals surface area contributed by atoms with Crippen LogP contribution in [-0.4, -0.2) is 76.7 Å². The zero-order chi connectivity index (χ0) is 20.3. The summed E-state index contributed by atoms with van der Waals surface area (Å²) in [5.41, 5.74) is 3.48. The molecule has 1 saturated heterocycles. The summed E-state index contributed by atoms with van der Waals surface area (Å²) in [6.07, 6.45) is 8.02. The third kappa shape index (κ3) is 3.64. The summed E-state index contributed by atoms with van der Waals surface area (Å²) in [5.74, 6) is 0.0535. The van der Waals surface area contributed by atoms with E-state index < -0.39 is 0 Å². The van der Waals surface area contributed by atoms with Gasteiger partial charge in [0.25, 0.3) is 5.91 Å². The van der Waals surface area contributed by atoms with Gasteiger partial charge in [0.15, 0.2) is 5.65 Å². The molecule has 5 rings (SSSR count). The number of tetrazole rings is 1. The first-order chi connectivity index (χ1) is 14.8. The van der Waals surface area contributed by atoms with E-state index in [2.05, 4.69) is 30.5 Å². The first-order valence-corrected chi connectivity index (χ1v) is 9.90. The Bertz CT molecular complexity index is 1140. The van der Waals surface area contributed by atoms with Crippen LogP contribution in [0.4, 0.5) is 0 Å². The maximum absolute atomic E-state index is 13.0. The van der Waals surface area contributed by atoms with Crippen molar-refractivity contribution in [3.05, 3.63) is 66.4 Å². The largest absolute Gasteiger partial charge is 0.337 e. The zero-order valence-corrected chi connectivity index (χ0v) is 16.4. The molecule has 10 nitrogen and oxygen atoms in total. The molecule has 4 aromatic rings. The van der Waals surface area contributed by atoms with Gasteiger partial charge < -0.3 is 4.90 Å². The number of carbonyl (C=O) groups excluding carboxylic acids is 1. The van der Waals surface area contributed by atoms with Crippen molar-refractivity contribution in [2.45, 2.75) is 13.0 Å². The van der Waals surface area contributed by atoms with Gasteiger partial charge in [-0.1, -0.05) is 0 Å². The summed E-state index contributed by atoms with van der Waals surface area (Å²) in [4.78, 5) is 21.7. The summed E-state index contributed by atoms with van der Waals surface area (Å²) < 4.78 is 3.36. The average molecular weight is 403 g/mol. The van der Waals surface area contributed by atoms with Crippen molar-refractivity contribution in [2.24, 2.45) is 0 Å². The highest BCUT2D eigenvalue weighted by Crippen LogP contribution is 2.15. The molecule has 1 aromatic carbocycles. The molecule has 0 saturated carbocycles. The van der Waals surface area contributed by atoms with Gasteiger partial charge in [-0.15, -0.1) is 5.10 Å². The van der Waals surface area contributed by atoms with E-state index in [4.69, 9.17) is 0 Å². The number of benzene rings is 1. The minimum atomic E-state index is 0.0535. The fraction of sp³-hybridized carbons (Fsp3) is 0.300. The SMILES string of the molecule is O=C(c1ccc(-n2cnnn2)cc1)N1CCCN(Cc2cnn3cccnc23)CC1. The van der Waals surface area contributed by atoms with Crippen molar-refractivity contribution in [3.63, 3.8) is 0 Å². The molecule has 3 aromatic heterocycles. The van der Waals surface area contributed by atoms with Crippen LogP contribution in [0, 0.1) is 0 Å². The summed E-state index contributed by atoms with van der Waals surface area (Å²) in [7, 11) is 0. The zero-order valence-electron chi connectivity index (χ0n) is 16.4. The molecule has 10 heteroatoms. The molecule has 1 aliphatic heterocycles. The lowest BCUT2D eigenvalue weighted by Gasteiger charge is -2.22. The van der Waals surface area contributed by atoms with Gasteiger partial charge in [-0.25, -0.2) is 14.2 Å². The molecule has 4 heterocycles. The molecule has 0 atom stereocenters. The summed E-state index contributed by atoms with van der Waals surface area (Å²) in [5, 5.41) is 15.5.